The van der Waals surface area contributed by atoms with Gasteiger partial charge in [0.1, 0.15) is 0 Å². The highest BCUT2D eigenvalue weighted by atomic mass is 32.1. The van der Waals surface area contributed by atoms with Gasteiger partial charge in [0, 0.05) is 46.9 Å². The number of benzene rings is 9. The van der Waals surface area contributed by atoms with Crippen molar-refractivity contribution in [1.82, 2.24) is 4.57 Å². The number of nitrogens with zero attached hydrogens (tertiary/aromatic N) is 1. The summed E-state index contributed by atoms with van der Waals surface area (Å²) in [5.41, 5.74) is 15.0. The molecule has 0 bridgehead atoms. The summed E-state index contributed by atoms with van der Waals surface area (Å²) in [6.07, 6.45) is 0. The van der Waals surface area contributed by atoms with Crippen molar-refractivity contribution in [3.63, 3.8) is 0 Å². The Morgan fingerprint density at radius 2 is 1.14 bits per heavy atom. The van der Waals surface area contributed by atoms with Gasteiger partial charge in [-0.05, 0) is 92.0 Å². The summed E-state index contributed by atoms with van der Waals surface area (Å²) in [7, 11) is -3.22. The summed E-state index contributed by atoms with van der Waals surface area (Å²) in [5, 5.41) is 7.83. The summed E-state index contributed by atoms with van der Waals surface area (Å²) in [6, 6.07) is 70.9. The average Bonchev–Trinajstić information content (AvgIpc) is 4.00. The molecule has 59 heavy (non-hydrogen) atoms. The minimum absolute atomic E-state index is 0.647. The molecule has 0 fully saturated rings. The third-order valence-corrected chi connectivity index (χ3v) is 17.9. The van der Waals surface area contributed by atoms with Crippen LogP contribution in [0.2, 0.25) is 0 Å². The van der Waals surface area contributed by atoms with Gasteiger partial charge in [-0.25, -0.2) is 0 Å². The normalized spacial score (nSPS) is 18.0. The van der Waals surface area contributed by atoms with E-state index in [0.717, 1.165) is 32.6 Å². The highest BCUT2D eigenvalue weighted by molar-refractivity contribution is 7.86. The van der Waals surface area contributed by atoms with Crippen LogP contribution in [0.4, 0.5) is 0 Å². The van der Waals surface area contributed by atoms with Gasteiger partial charge in [-0.2, -0.15) is 0 Å². The monoisotopic (exact) mass is 785 g/mol. The van der Waals surface area contributed by atoms with Crippen molar-refractivity contribution in [2.45, 2.75) is 5.41 Å². The number of hydrogen-bond donors (Lipinski definition) is 0. The maximum absolute atomic E-state index is 16.1. The van der Waals surface area contributed by atoms with Crippen LogP contribution in [0.25, 0.3) is 81.0 Å². The molecule has 2 nitrogen and oxygen atoms in total. The van der Waals surface area contributed by atoms with Gasteiger partial charge in [-0.1, -0.05) is 158 Å². The van der Waals surface area contributed by atoms with Gasteiger partial charge in [-0.3, -0.25) is 0 Å². The lowest BCUT2D eigenvalue weighted by Crippen LogP contribution is -2.33. The van der Waals surface area contributed by atoms with Crippen LogP contribution >= 0.6 is 18.5 Å². The van der Waals surface area contributed by atoms with Crippen LogP contribution in [0, 0.1) is 0 Å². The quantitative estimate of drug-likeness (QED) is 0.160. The number of rotatable bonds is 2. The van der Waals surface area contributed by atoms with Gasteiger partial charge < -0.3 is 9.13 Å². The molecule has 2 aliphatic heterocycles. The highest BCUT2D eigenvalue weighted by Gasteiger charge is 2.53. The van der Waals surface area contributed by atoms with E-state index in [1.165, 1.54) is 86.6 Å². The molecule has 1 aliphatic carbocycles. The maximum atomic E-state index is 16.1. The van der Waals surface area contributed by atoms with Crippen LogP contribution in [0.5, 0.6) is 0 Å². The molecule has 0 amide bonds. The van der Waals surface area contributed by atoms with Crippen LogP contribution in [-0.2, 0) is 9.98 Å². The van der Waals surface area contributed by atoms with Gasteiger partial charge in [0.05, 0.1) is 22.1 Å². The number of fused-ring (bicyclic) bond motifs is 18. The van der Waals surface area contributed by atoms with E-state index in [0.29, 0.717) is 0 Å². The Hall–Kier alpha value is -6.77. The number of hydrogen-bond acceptors (Lipinski definition) is 2. The maximum Gasteiger partial charge on any atom is 0.172 e. The molecule has 9 aromatic carbocycles. The fourth-order valence-electron chi connectivity index (χ4n) is 11.3. The van der Waals surface area contributed by atoms with Gasteiger partial charge in [0.25, 0.3) is 0 Å². The first kappa shape index (κ1) is 32.2. The molecule has 2 atom stereocenters. The Kier molecular flexibility index (Phi) is 6.14. The molecular weight excluding hydrogens is 754 g/mol. The van der Waals surface area contributed by atoms with E-state index >= 15 is 4.57 Å². The van der Waals surface area contributed by atoms with Crippen molar-refractivity contribution in [2.75, 3.05) is 0 Å². The Morgan fingerprint density at radius 1 is 0.441 bits per heavy atom. The Bertz CT molecular complexity index is 3720. The van der Waals surface area contributed by atoms with Crippen LogP contribution in [-0.4, -0.2) is 4.57 Å². The predicted molar refractivity (Wildman–Crippen MR) is 248 cm³/mol. The Labute approximate surface area is 344 Å². The Morgan fingerprint density at radius 3 is 2.07 bits per heavy atom. The average molecular weight is 786 g/mol. The van der Waals surface area contributed by atoms with E-state index in [1.807, 2.05) is 35.6 Å². The van der Waals surface area contributed by atoms with Gasteiger partial charge in [0.2, 0.25) is 0 Å². The lowest BCUT2D eigenvalue weighted by atomic mass is 9.65. The van der Waals surface area contributed by atoms with Crippen LogP contribution < -0.4 is 15.9 Å². The third kappa shape index (κ3) is 3.82. The molecule has 274 valence electrons. The third-order valence-electron chi connectivity index (χ3n) is 13.6. The van der Waals surface area contributed by atoms with Crippen molar-refractivity contribution in [3.8, 4) is 39.1 Å². The lowest BCUT2D eigenvalue weighted by molar-refractivity contribution is 0.593. The first-order chi connectivity index (χ1) is 29.2. The molecule has 3 aliphatic rings. The molecule has 0 saturated heterocycles. The number of aromatic nitrogens is 1. The molecule has 2 aromatic heterocycles. The summed E-state index contributed by atoms with van der Waals surface area (Å²) in [6.45, 7) is 0. The van der Waals surface area contributed by atoms with Crippen molar-refractivity contribution in [3.05, 3.63) is 216 Å². The van der Waals surface area contributed by atoms with Crippen LogP contribution in [0.3, 0.4) is 0 Å². The second-order valence-corrected chi connectivity index (χ2v) is 20.0. The van der Waals surface area contributed by atoms with E-state index < -0.39 is 12.6 Å². The Balaban J connectivity index is 1.16. The number of para-hydroxylation sites is 3. The minimum atomic E-state index is -3.22. The second kappa shape index (κ2) is 11.2. The molecule has 4 heterocycles. The van der Waals surface area contributed by atoms with Gasteiger partial charge in [0.15, 0.2) is 7.14 Å². The smallest absolute Gasteiger partial charge is 0.172 e. The van der Waals surface area contributed by atoms with Crippen molar-refractivity contribution < 1.29 is 4.57 Å². The SMILES string of the molecule is O=[P@@]1(c2ccccc2)c2ccccc2-c2cc3c(cc21)-c1c(-c2ccc4c(c2)sc2ccccc24)cccc1C31c2ccccc2-n2c3ccccc3c3cccc1c32. The molecule has 14 rings (SSSR count). The largest absolute Gasteiger partial charge is 0.309 e. The lowest BCUT2D eigenvalue weighted by Gasteiger charge is -2.39. The molecule has 0 radical (unpaired) electrons. The highest BCUT2D eigenvalue weighted by Crippen LogP contribution is 2.64. The molecule has 11 aromatic rings. The zero-order valence-electron chi connectivity index (χ0n) is 31.7. The molecule has 4 heteroatoms. The zero-order chi connectivity index (χ0) is 38.6. The van der Waals surface area contributed by atoms with Crippen LogP contribution in [0.15, 0.2) is 194 Å². The van der Waals surface area contributed by atoms with Gasteiger partial charge >= 0.3 is 0 Å². The van der Waals surface area contributed by atoms with E-state index in [4.69, 9.17) is 0 Å². The predicted octanol–water partition coefficient (Wildman–Crippen LogP) is 13.1. The summed E-state index contributed by atoms with van der Waals surface area (Å²) >= 11 is 1.86. The van der Waals surface area contributed by atoms with Crippen molar-refractivity contribution in [1.29, 1.82) is 0 Å². The summed E-state index contributed by atoms with van der Waals surface area (Å²) in [4.78, 5) is 0. The standard InChI is InChI=1S/C55H32NOPS/c57-58(34-14-2-1-3-15-34)49-26-10-5-17-37(49)41-31-46-42(32-50(41)58)53-35(33-28-29-39-38-18-6-11-27-51(38)59-52(39)30-33)19-12-22-44(53)55(46)43-21-7-9-25-48(43)56-47-24-8-4-16-36(47)40-20-13-23-45(55)54(40)56/h1-32H/t55?,58-/m0/s1. The number of thiophene rings is 1. The van der Waals surface area contributed by atoms with Crippen molar-refractivity contribution in [2.24, 2.45) is 0 Å². The first-order valence-corrected chi connectivity index (χ1v) is 22.8. The summed E-state index contributed by atoms with van der Waals surface area (Å²) in [5.74, 6) is 0. The van der Waals surface area contributed by atoms with E-state index in [2.05, 4.69) is 174 Å². The summed E-state index contributed by atoms with van der Waals surface area (Å²) < 4.78 is 21.2. The minimum Gasteiger partial charge on any atom is -0.309 e. The molecule has 1 spiro atoms. The molecule has 0 saturated carbocycles. The fraction of sp³-hybridized carbons (Fsp3) is 0.0182. The van der Waals surface area contributed by atoms with E-state index in [-0.39, 0.29) is 0 Å². The molecular formula is C55H32NOPS. The molecule has 1 unspecified atom stereocenters. The first-order valence-electron chi connectivity index (χ1n) is 20.3. The second-order valence-electron chi connectivity index (χ2n) is 16.2. The zero-order valence-corrected chi connectivity index (χ0v) is 33.4. The topological polar surface area (TPSA) is 22.0 Å². The van der Waals surface area contributed by atoms with E-state index in [1.54, 1.807) is 0 Å². The van der Waals surface area contributed by atoms with Crippen LogP contribution in [0.1, 0.15) is 22.3 Å². The van der Waals surface area contributed by atoms with Crippen molar-refractivity contribution >= 4 is 76.4 Å². The van der Waals surface area contributed by atoms with Gasteiger partial charge in [-0.15, -0.1) is 11.3 Å². The van der Waals surface area contributed by atoms with E-state index in [9.17, 15) is 0 Å². The molecule has 0 N–H and O–H groups in total. The fourth-order valence-corrected chi connectivity index (χ4v) is 15.5.